The molecule has 0 aliphatic carbocycles. The molecular weight excluding hydrogens is 252 g/mol. The third kappa shape index (κ3) is 3.00. The molecule has 1 aromatic carbocycles. The van der Waals surface area contributed by atoms with Crippen molar-refractivity contribution < 1.29 is 9.59 Å². The Hall–Kier alpha value is -1.84. The van der Waals surface area contributed by atoms with Gasteiger partial charge in [0.1, 0.15) is 6.04 Å². The molecule has 2 amide bonds. The maximum atomic E-state index is 12.4. The monoisotopic (exact) mass is 274 g/mol. The molecule has 0 aromatic heterocycles. The number of carbonyl (C=O) groups excluding carboxylic acids is 2. The molecule has 2 rings (SSSR count). The number of benzene rings is 1. The van der Waals surface area contributed by atoms with Gasteiger partial charge in [-0.15, -0.1) is 0 Å². The van der Waals surface area contributed by atoms with Crippen LogP contribution in [0.2, 0.25) is 0 Å². The maximum absolute atomic E-state index is 12.4. The molecule has 20 heavy (non-hydrogen) atoms. The number of rotatable bonds is 4. The van der Waals surface area contributed by atoms with E-state index in [0.29, 0.717) is 19.4 Å². The van der Waals surface area contributed by atoms with Crippen molar-refractivity contribution in [2.75, 3.05) is 11.4 Å². The Balaban J connectivity index is 2.07. The quantitative estimate of drug-likeness (QED) is 0.916. The predicted molar refractivity (Wildman–Crippen MR) is 79.7 cm³/mol. The number of anilines is 1. The van der Waals surface area contributed by atoms with Gasteiger partial charge >= 0.3 is 0 Å². The van der Waals surface area contributed by atoms with E-state index < -0.39 is 0 Å². The first-order chi connectivity index (χ1) is 9.52. The molecule has 108 valence electrons. The Bertz CT molecular complexity index is 525. The number of hydrogen-bond donors (Lipinski definition) is 1. The second kappa shape index (κ2) is 6.07. The van der Waals surface area contributed by atoms with Crippen molar-refractivity contribution in [2.24, 2.45) is 0 Å². The molecule has 1 aromatic rings. The number of nitrogens with zero attached hydrogens (tertiary/aromatic N) is 1. The van der Waals surface area contributed by atoms with Gasteiger partial charge < -0.3 is 10.2 Å². The lowest BCUT2D eigenvalue weighted by Crippen LogP contribution is -2.41. The van der Waals surface area contributed by atoms with Gasteiger partial charge in [-0.2, -0.15) is 0 Å². The van der Waals surface area contributed by atoms with Crippen LogP contribution in [0.4, 0.5) is 5.69 Å². The SMILES string of the molecule is CCCC(=O)NC1CCN(c2ccc(C)c(C)c2)C1=O. The molecule has 4 heteroatoms. The molecule has 4 nitrogen and oxygen atoms in total. The first kappa shape index (κ1) is 14.6. The average Bonchev–Trinajstić information content (AvgIpc) is 2.75. The molecule has 1 atom stereocenters. The molecule has 0 radical (unpaired) electrons. The minimum absolute atomic E-state index is 0.00212. The highest BCUT2D eigenvalue weighted by Crippen LogP contribution is 2.24. The van der Waals surface area contributed by atoms with E-state index in [1.165, 1.54) is 11.1 Å². The Kier molecular flexibility index (Phi) is 4.42. The van der Waals surface area contributed by atoms with Crippen LogP contribution in [0.25, 0.3) is 0 Å². The van der Waals surface area contributed by atoms with E-state index >= 15 is 0 Å². The number of nitrogens with one attached hydrogen (secondary N) is 1. The van der Waals surface area contributed by atoms with Crippen LogP contribution < -0.4 is 10.2 Å². The van der Waals surface area contributed by atoms with E-state index in [2.05, 4.69) is 12.2 Å². The predicted octanol–water partition coefficient (Wildman–Crippen LogP) is 2.33. The van der Waals surface area contributed by atoms with Gasteiger partial charge in [0.05, 0.1) is 0 Å². The van der Waals surface area contributed by atoms with E-state index in [1.54, 1.807) is 4.90 Å². The molecule has 0 spiro atoms. The lowest BCUT2D eigenvalue weighted by molar-refractivity contribution is -0.126. The first-order valence-electron chi connectivity index (χ1n) is 7.21. The lowest BCUT2D eigenvalue weighted by Gasteiger charge is -2.18. The molecule has 1 saturated heterocycles. The van der Waals surface area contributed by atoms with Crippen molar-refractivity contribution in [1.29, 1.82) is 0 Å². The molecule has 1 N–H and O–H groups in total. The van der Waals surface area contributed by atoms with Gasteiger partial charge in [0, 0.05) is 18.7 Å². The standard InChI is InChI=1S/C16H22N2O2/c1-4-5-15(19)17-14-8-9-18(16(14)20)13-7-6-11(2)12(3)10-13/h6-7,10,14H,4-5,8-9H2,1-3H3,(H,17,19). The topological polar surface area (TPSA) is 49.4 Å². The normalized spacial score (nSPS) is 18.4. The Labute approximate surface area is 120 Å². The lowest BCUT2D eigenvalue weighted by atomic mass is 10.1. The fourth-order valence-corrected chi connectivity index (χ4v) is 2.46. The summed E-state index contributed by atoms with van der Waals surface area (Å²) in [6, 6.07) is 5.66. The van der Waals surface area contributed by atoms with E-state index in [1.807, 2.05) is 32.0 Å². The van der Waals surface area contributed by atoms with Crippen LogP contribution in [0.3, 0.4) is 0 Å². The van der Waals surface area contributed by atoms with Gasteiger partial charge in [-0.3, -0.25) is 9.59 Å². The minimum Gasteiger partial charge on any atom is -0.344 e. The van der Waals surface area contributed by atoms with Crippen LogP contribution in [0, 0.1) is 13.8 Å². The third-order valence-corrected chi connectivity index (χ3v) is 3.82. The zero-order valence-electron chi connectivity index (χ0n) is 12.4. The second-order valence-corrected chi connectivity index (χ2v) is 5.42. The summed E-state index contributed by atoms with van der Waals surface area (Å²) in [6.45, 7) is 6.72. The smallest absolute Gasteiger partial charge is 0.249 e. The molecule has 1 aliphatic heterocycles. The van der Waals surface area contributed by atoms with Crippen molar-refractivity contribution in [2.45, 2.75) is 46.1 Å². The summed E-state index contributed by atoms with van der Waals surface area (Å²) < 4.78 is 0. The zero-order valence-corrected chi connectivity index (χ0v) is 12.4. The summed E-state index contributed by atoms with van der Waals surface area (Å²) in [5.41, 5.74) is 3.31. The Morgan fingerprint density at radius 2 is 2.10 bits per heavy atom. The summed E-state index contributed by atoms with van der Waals surface area (Å²) in [6.07, 6.45) is 1.96. The molecule has 1 aliphatic rings. The fourth-order valence-electron chi connectivity index (χ4n) is 2.46. The van der Waals surface area contributed by atoms with E-state index in [0.717, 1.165) is 12.1 Å². The first-order valence-corrected chi connectivity index (χ1v) is 7.21. The van der Waals surface area contributed by atoms with Crippen LogP contribution in [0.1, 0.15) is 37.3 Å². The zero-order chi connectivity index (χ0) is 14.7. The van der Waals surface area contributed by atoms with E-state index in [-0.39, 0.29) is 17.9 Å². The molecule has 1 heterocycles. The molecular formula is C16H22N2O2. The van der Waals surface area contributed by atoms with Gasteiger partial charge in [0.2, 0.25) is 11.8 Å². The summed E-state index contributed by atoms with van der Waals surface area (Å²) in [5.74, 6) is -0.0366. The van der Waals surface area contributed by atoms with Gasteiger partial charge in [0.25, 0.3) is 0 Å². The molecule has 1 unspecified atom stereocenters. The van der Waals surface area contributed by atoms with E-state index in [9.17, 15) is 9.59 Å². The van der Waals surface area contributed by atoms with Gasteiger partial charge in [-0.05, 0) is 49.9 Å². The highest BCUT2D eigenvalue weighted by atomic mass is 16.2. The third-order valence-electron chi connectivity index (χ3n) is 3.82. The molecule has 0 bridgehead atoms. The average molecular weight is 274 g/mol. The van der Waals surface area contributed by atoms with Crippen LogP contribution >= 0.6 is 0 Å². The van der Waals surface area contributed by atoms with Crippen LogP contribution in [-0.4, -0.2) is 24.4 Å². The number of amides is 2. The van der Waals surface area contributed by atoms with Gasteiger partial charge in [-0.25, -0.2) is 0 Å². The summed E-state index contributed by atoms with van der Waals surface area (Å²) >= 11 is 0. The second-order valence-electron chi connectivity index (χ2n) is 5.42. The molecule has 1 fully saturated rings. The highest BCUT2D eigenvalue weighted by Gasteiger charge is 2.33. The van der Waals surface area contributed by atoms with E-state index in [4.69, 9.17) is 0 Å². The Morgan fingerprint density at radius 3 is 2.75 bits per heavy atom. The maximum Gasteiger partial charge on any atom is 0.249 e. The summed E-state index contributed by atoms with van der Waals surface area (Å²) in [4.78, 5) is 25.7. The fraction of sp³-hybridized carbons (Fsp3) is 0.500. The summed E-state index contributed by atoms with van der Waals surface area (Å²) in [5, 5.41) is 2.83. The van der Waals surface area contributed by atoms with Crippen molar-refractivity contribution in [1.82, 2.24) is 5.32 Å². The minimum atomic E-state index is -0.365. The van der Waals surface area contributed by atoms with Crippen molar-refractivity contribution in [3.05, 3.63) is 29.3 Å². The largest absolute Gasteiger partial charge is 0.344 e. The number of aryl methyl sites for hydroxylation is 2. The van der Waals surface area contributed by atoms with Gasteiger partial charge in [0.15, 0.2) is 0 Å². The Morgan fingerprint density at radius 1 is 1.35 bits per heavy atom. The number of hydrogen-bond acceptors (Lipinski definition) is 2. The van der Waals surface area contributed by atoms with Gasteiger partial charge in [-0.1, -0.05) is 13.0 Å². The summed E-state index contributed by atoms with van der Waals surface area (Å²) in [7, 11) is 0. The highest BCUT2D eigenvalue weighted by molar-refractivity contribution is 6.01. The number of carbonyl (C=O) groups is 2. The van der Waals surface area contributed by atoms with Crippen LogP contribution in [0.5, 0.6) is 0 Å². The van der Waals surface area contributed by atoms with Crippen molar-refractivity contribution in [3.8, 4) is 0 Å². The van der Waals surface area contributed by atoms with Crippen molar-refractivity contribution >= 4 is 17.5 Å². The van der Waals surface area contributed by atoms with Crippen LogP contribution in [-0.2, 0) is 9.59 Å². The molecule has 0 saturated carbocycles. The van der Waals surface area contributed by atoms with Crippen molar-refractivity contribution in [3.63, 3.8) is 0 Å². The van der Waals surface area contributed by atoms with Crippen LogP contribution in [0.15, 0.2) is 18.2 Å².